The molecule has 0 spiro atoms. The number of nitrogens with one attached hydrogen (secondary N) is 1. The molecule has 1 heterocycles. The van der Waals surface area contributed by atoms with Crippen LogP contribution in [0, 0.1) is 16.0 Å². The first-order chi connectivity index (χ1) is 13.9. The van der Waals surface area contributed by atoms with E-state index in [-0.39, 0.29) is 23.0 Å². The molecule has 0 aromatic heterocycles. The summed E-state index contributed by atoms with van der Waals surface area (Å²) in [6.07, 6.45) is 0.912. The van der Waals surface area contributed by atoms with E-state index in [1.807, 2.05) is 0 Å². The van der Waals surface area contributed by atoms with E-state index < -0.39 is 10.8 Å². The molecule has 1 aliphatic rings. The fourth-order valence-electron chi connectivity index (χ4n) is 3.46. The fourth-order valence-corrected chi connectivity index (χ4v) is 3.46. The first kappa shape index (κ1) is 22.9. The highest BCUT2D eigenvalue weighted by molar-refractivity contribution is 5.99. The lowest BCUT2D eigenvalue weighted by molar-refractivity contribution is -0.385. The molecule has 0 saturated carbocycles. The van der Waals surface area contributed by atoms with Crippen molar-refractivity contribution in [2.75, 3.05) is 46.6 Å². The Morgan fingerprint density at radius 2 is 2.00 bits per heavy atom. The number of methoxy groups -OCH3 is 1. The number of hydrogen-bond acceptors (Lipinski definition) is 7. The quantitative estimate of drug-likeness (QED) is 0.468. The molecular weight excluding hydrogens is 378 g/mol. The maximum absolute atomic E-state index is 12.8. The van der Waals surface area contributed by atoms with Gasteiger partial charge in [0.05, 0.1) is 37.9 Å². The Labute approximate surface area is 171 Å². The van der Waals surface area contributed by atoms with Gasteiger partial charge in [-0.25, -0.2) is 0 Å². The number of carbonyl (C=O) groups is 1. The van der Waals surface area contributed by atoms with Crippen molar-refractivity contribution >= 4 is 11.6 Å². The van der Waals surface area contributed by atoms with Gasteiger partial charge in [0.25, 0.3) is 11.6 Å². The van der Waals surface area contributed by atoms with E-state index in [9.17, 15) is 14.9 Å². The minimum atomic E-state index is -0.583. The molecule has 1 unspecified atom stereocenters. The van der Waals surface area contributed by atoms with Crippen LogP contribution in [-0.4, -0.2) is 68.3 Å². The molecule has 2 rings (SSSR count). The van der Waals surface area contributed by atoms with Crippen molar-refractivity contribution in [2.45, 2.75) is 33.2 Å². The summed E-state index contributed by atoms with van der Waals surface area (Å²) in [6.45, 7) is 9.78. The third kappa shape index (κ3) is 6.30. The summed E-state index contributed by atoms with van der Waals surface area (Å²) >= 11 is 0. The van der Waals surface area contributed by atoms with Crippen molar-refractivity contribution in [3.8, 4) is 11.5 Å². The number of ether oxygens (including phenoxy) is 3. The monoisotopic (exact) mass is 409 g/mol. The number of morpholine rings is 1. The highest BCUT2D eigenvalue weighted by Crippen LogP contribution is 2.34. The second-order valence-corrected chi connectivity index (χ2v) is 7.35. The Kier molecular flexibility index (Phi) is 8.66. The molecule has 9 heteroatoms. The van der Waals surface area contributed by atoms with E-state index in [4.69, 9.17) is 14.2 Å². The summed E-state index contributed by atoms with van der Waals surface area (Å²) < 4.78 is 16.1. The average Bonchev–Trinajstić information content (AvgIpc) is 2.71. The number of benzene rings is 1. The molecule has 1 N–H and O–H groups in total. The highest BCUT2D eigenvalue weighted by Gasteiger charge is 2.27. The van der Waals surface area contributed by atoms with Gasteiger partial charge in [-0.2, -0.15) is 0 Å². The van der Waals surface area contributed by atoms with Crippen LogP contribution >= 0.6 is 0 Å². The fraction of sp³-hybridized carbons (Fsp3) is 0.650. The van der Waals surface area contributed by atoms with Crippen LogP contribution in [-0.2, 0) is 4.74 Å². The molecule has 1 aromatic rings. The van der Waals surface area contributed by atoms with Gasteiger partial charge in [-0.3, -0.25) is 19.8 Å². The molecule has 1 atom stereocenters. The maximum Gasteiger partial charge on any atom is 0.286 e. The largest absolute Gasteiger partial charge is 0.493 e. The van der Waals surface area contributed by atoms with Gasteiger partial charge in [0.2, 0.25) is 0 Å². The van der Waals surface area contributed by atoms with E-state index in [1.165, 1.54) is 19.2 Å². The number of nitrogens with zero attached hydrogens (tertiary/aromatic N) is 2. The Bertz CT molecular complexity index is 704. The van der Waals surface area contributed by atoms with E-state index >= 15 is 0 Å². The second kappa shape index (κ2) is 11.0. The third-order valence-electron chi connectivity index (χ3n) is 4.83. The first-order valence-electron chi connectivity index (χ1n) is 9.96. The molecule has 1 amide bonds. The van der Waals surface area contributed by atoms with Gasteiger partial charge in [-0.05, 0) is 19.3 Å². The van der Waals surface area contributed by atoms with Gasteiger partial charge in [-0.1, -0.05) is 13.8 Å². The molecule has 1 aliphatic heterocycles. The molecule has 0 aliphatic carbocycles. The zero-order chi connectivity index (χ0) is 21.4. The van der Waals surface area contributed by atoms with Crippen LogP contribution in [0.15, 0.2) is 12.1 Å². The number of hydrogen-bond donors (Lipinski definition) is 1. The molecule has 162 valence electrons. The third-order valence-corrected chi connectivity index (χ3v) is 4.83. The Morgan fingerprint density at radius 1 is 1.31 bits per heavy atom. The summed E-state index contributed by atoms with van der Waals surface area (Å²) in [5, 5.41) is 14.4. The van der Waals surface area contributed by atoms with E-state index in [0.717, 1.165) is 19.5 Å². The minimum Gasteiger partial charge on any atom is -0.493 e. The Hall–Kier alpha value is -2.39. The number of amides is 1. The topological polar surface area (TPSA) is 103 Å². The molecule has 1 saturated heterocycles. The predicted octanol–water partition coefficient (Wildman–Crippen LogP) is 2.48. The van der Waals surface area contributed by atoms with Crippen LogP contribution in [0.2, 0.25) is 0 Å². The second-order valence-electron chi connectivity index (χ2n) is 7.35. The summed E-state index contributed by atoms with van der Waals surface area (Å²) in [5.74, 6) is 0.487. The lowest BCUT2D eigenvalue weighted by Crippen LogP contribution is -2.49. The zero-order valence-electron chi connectivity index (χ0n) is 17.6. The van der Waals surface area contributed by atoms with Gasteiger partial charge >= 0.3 is 0 Å². The number of nitro benzene ring substituents is 1. The van der Waals surface area contributed by atoms with Crippen molar-refractivity contribution in [1.82, 2.24) is 10.2 Å². The van der Waals surface area contributed by atoms with Gasteiger partial charge in [0.15, 0.2) is 11.5 Å². The number of rotatable bonds is 10. The lowest BCUT2D eigenvalue weighted by atomic mass is 10.0. The van der Waals surface area contributed by atoms with Crippen LogP contribution in [0.1, 0.15) is 37.6 Å². The molecule has 1 aromatic carbocycles. The van der Waals surface area contributed by atoms with Crippen LogP contribution < -0.4 is 14.8 Å². The molecule has 9 nitrogen and oxygen atoms in total. The van der Waals surface area contributed by atoms with Gasteiger partial charge in [0, 0.05) is 31.7 Å². The predicted molar refractivity (Wildman–Crippen MR) is 109 cm³/mol. The smallest absolute Gasteiger partial charge is 0.286 e. The van der Waals surface area contributed by atoms with E-state index in [1.54, 1.807) is 6.92 Å². The maximum atomic E-state index is 12.8. The summed E-state index contributed by atoms with van der Waals surface area (Å²) in [5.41, 5.74) is -0.348. The standard InChI is InChI=1S/C20H31N3O6/c1-5-29-19-11-16(17(23(25)26)12-18(19)27-4)20(24)21-13-15(10-14(2)3)22-6-8-28-9-7-22/h11-12,14-15H,5-10,13H2,1-4H3,(H,21,24). The molecule has 1 fully saturated rings. The van der Waals surface area contributed by atoms with Crippen molar-refractivity contribution in [3.05, 3.63) is 27.8 Å². The molecular formula is C20H31N3O6. The highest BCUT2D eigenvalue weighted by atomic mass is 16.6. The van der Waals surface area contributed by atoms with Crippen LogP contribution in [0.5, 0.6) is 11.5 Å². The summed E-state index contributed by atoms with van der Waals surface area (Å²) in [7, 11) is 1.40. The summed E-state index contributed by atoms with van der Waals surface area (Å²) in [6, 6.07) is 2.75. The summed E-state index contributed by atoms with van der Waals surface area (Å²) in [4.78, 5) is 26.1. The molecule has 29 heavy (non-hydrogen) atoms. The number of carbonyl (C=O) groups excluding carboxylic acids is 1. The lowest BCUT2D eigenvalue weighted by Gasteiger charge is -2.35. The van der Waals surface area contributed by atoms with Gasteiger partial charge in [-0.15, -0.1) is 0 Å². The zero-order valence-corrected chi connectivity index (χ0v) is 17.6. The Balaban J connectivity index is 2.20. The Morgan fingerprint density at radius 3 is 2.55 bits per heavy atom. The normalized spacial score (nSPS) is 15.8. The van der Waals surface area contributed by atoms with Gasteiger partial charge in [0.1, 0.15) is 5.56 Å². The van der Waals surface area contributed by atoms with Crippen molar-refractivity contribution < 1.29 is 23.9 Å². The average molecular weight is 409 g/mol. The van der Waals surface area contributed by atoms with Crippen LogP contribution in [0.25, 0.3) is 0 Å². The molecule has 0 radical (unpaired) electrons. The van der Waals surface area contributed by atoms with E-state index in [0.29, 0.717) is 38.0 Å². The van der Waals surface area contributed by atoms with Gasteiger partial charge < -0.3 is 19.5 Å². The van der Waals surface area contributed by atoms with Crippen molar-refractivity contribution in [1.29, 1.82) is 0 Å². The van der Waals surface area contributed by atoms with Crippen LogP contribution in [0.4, 0.5) is 5.69 Å². The molecule has 0 bridgehead atoms. The first-order valence-corrected chi connectivity index (χ1v) is 9.96. The van der Waals surface area contributed by atoms with Crippen molar-refractivity contribution in [3.63, 3.8) is 0 Å². The number of nitro groups is 1. The SMILES string of the molecule is CCOc1cc(C(=O)NCC(CC(C)C)N2CCOCC2)c([N+](=O)[O-])cc1OC. The van der Waals surface area contributed by atoms with Crippen molar-refractivity contribution in [2.24, 2.45) is 5.92 Å². The minimum absolute atomic E-state index is 0.0375. The van der Waals surface area contributed by atoms with E-state index in [2.05, 4.69) is 24.1 Å². The van der Waals surface area contributed by atoms with Crippen LogP contribution in [0.3, 0.4) is 0 Å².